The number of benzene rings is 3. The van der Waals surface area contributed by atoms with Gasteiger partial charge in [0.1, 0.15) is 28.6 Å². The second-order valence-corrected chi connectivity index (χ2v) is 8.69. The van der Waals surface area contributed by atoms with Crippen LogP contribution < -0.4 is 10.3 Å². The average Bonchev–Trinajstić information content (AvgIpc) is 3.43. The molecule has 10 heteroatoms. The number of methoxy groups -OCH3 is 2. The minimum atomic E-state index is -0.648. The standard InChI is InChI=1S/C29H24FN3O6/c1-36-17-25(29(35)37-2)27-23-8-3-4-9-24(23)28(34)33(31-27)16-22-15-26(32-39-22)18-6-5-7-21(14-18)38-20-12-10-19(30)11-13-20/h3-14,17,22H,15-16H2,1-2H3/b25-17-. The maximum absolute atomic E-state index is 13.3. The number of fused-ring (bicyclic) bond motifs is 1. The van der Waals surface area contributed by atoms with E-state index in [4.69, 9.17) is 19.0 Å². The predicted molar refractivity (Wildman–Crippen MR) is 142 cm³/mol. The molecule has 0 bridgehead atoms. The molecule has 4 aromatic rings. The van der Waals surface area contributed by atoms with Crippen molar-refractivity contribution in [3.8, 4) is 11.5 Å². The van der Waals surface area contributed by atoms with Crippen LogP contribution in [-0.2, 0) is 25.7 Å². The van der Waals surface area contributed by atoms with Crippen LogP contribution in [0.25, 0.3) is 16.3 Å². The van der Waals surface area contributed by atoms with Gasteiger partial charge in [0.15, 0.2) is 6.10 Å². The van der Waals surface area contributed by atoms with E-state index in [9.17, 15) is 14.0 Å². The van der Waals surface area contributed by atoms with Gasteiger partial charge in [0.25, 0.3) is 5.56 Å². The van der Waals surface area contributed by atoms with Gasteiger partial charge in [0.2, 0.25) is 0 Å². The molecule has 2 heterocycles. The molecule has 0 aliphatic carbocycles. The Hall–Kier alpha value is -4.99. The van der Waals surface area contributed by atoms with Crippen molar-refractivity contribution >= 4 is 28.0 Å². The van der Waals surface area contributed by atoms with E-state index in [1.54, 1.807) is 42.5 Å². The first-order valence-electron chi connectivity index (χ1n) is 12.0. The molecular formula is C29H24FN3O6. The Balaban J connectivity index is 1.38. The lowest BCUT2D eigenvalue weighted by Gasteiger charge is -2.14. The predicted octanol–water partition coefficient (Wildman–Crippen LogP) is 4.68. The molecule has 5 rings (SSSR count). The summed E-state index contributed by atoms with van der Waals surface area (Å²) in [6, 6.07) is 19.9. The molecule has 0 N–H and O–H groups in total. The molecule has 0 fully saturated rings. The quantitative estimate of drug-likeness (QED) is 0.186. The van der Waals surface area contributed by atoms with Crippen molar-refractivity contribution < 1.29 is 28.2 Å². The summed E-state index contributed by atoms with van der Waals surface area (Å²) < 4.78 is 30.3. The molecule has 1 aliphatic rings. The molecule has 1 aromatic heterocycles. The summed E-state index contributed by atoms with van der Waals surface area (Å²) >= 11 is 0. The van der Waals surface area contributed by atoms with Gasteiger partial charge in [-0.1, -0.05) is 35.5 Å². The summed E-state index contributed by atoms with van der Waals surface area (Å²) in [5, 5.41) is 9.60. The van der Waals surface area contributed by atoms with E-state index in [0.717, 1.165) is 5.56 Å². The first-order chi connectivity index (χ1) is 19.0. The first kappa shape index (κ1) is 25.7. The average molecular weight is 530 g/mol. The maximum atomic E-state index is 13.3. The number of carbonyl (C=O) groups excluding carboxylic acids is 1. The van der Waals surface area contributed by atoms with Gasteiger partial charge in [-0.2, -0.15) is 5.10 Å². The highest BCUT2D eigenvalue weighted by Gasteiger charge is 2.26. The Morgan fingerprint density at radius 1 is 1.05 bits per heavy atom. The molecule has 0 spiro atoms. The van der Waals surface area contributed by atoms with Gasteiger partial charge < -0.3 is 19.0 Å². The number of hydrogen-bond donors (Lipinski definition) is 0. The molecule has 198 valence electrons. The van der Waals surface area contributed by atoms with Gasteiger partial charge in [-0.05, 0) is 42.5 Å². The number of halogens is 1. The van der Waals surface area contributed by atoms with Crippen molar-refractivity contribution in [2.45, 2.75) is 19.1 Å². The minimum absolute atomic E-state index is 0.0761. The molecule has 0 saturated heterocycles. The van der Waals surface area contributed by atoms with Crippen molar-refractivity contribution in [2.75, 3.05) is 14.2 Å². The second kappa shape index (κ2) is 11.2. The van der Waals surface area contributed by atoms with E-state index in [0.29, 0.717) is 34.4 Å². The van der Waals surface area contributed by atoms with Gasteiger partial charge in [0, 0.05) is 17.4 Å². The molecule has 1 atom stereocenters. The first-order valence-corrected chi connectivity index (χ1v) is 12.0. The van der Waals surface area contributed by atoms with Gasteiger partial charge in [-0.15, -0.1) is 0 Å². The fraction of sp³-hybridized carbons (Fsp3) is 0.172. The summed E-state index contributed by atoms with van der Waals surface area (Å²) in [6.07, 6.45) is 1.17. The number of oxime groups is 1. The molecule has 39 heavy (non-hydrogen) atoms. The molecule has 0 saturated carbocycles. The van der Waals surface area contributed by atoms with Crippen molar-refractivity contribution in [3.63, 3.8) is 0 Å². The van der Waals surface area contributed by atoms with Crippen molar-refractivity contribution in [3.05, 3.63) is 106 Å². The SMILES string of the molecule is CO/C=C(\C(=O)OC)c1nn(CC2CC(c3cccc(Oc4ccc(F)cc4)c3)=NO2)c(=O)c2ccccc12. The van der Waals surface area contributed by atoms with Crippen LogP contribution in [0.5, 0.6) is 11.5 Å². The van der Waals surface area contributed by atoms with Crippen LogP contribution in [0.15, 0.2) is 89.0 Å². The highest BCUT2D eigenvalue weighted by Crippen LogP contribution is 2.26. The lowest BCUT2D eigenvalue weighted by atomic mass is 10.0. The maximum Gasteiger partial charge on any atom is 0.343 e. The molecule has 0 amide bonds. The van der Waals surface area contributed by atoms with Gasteiger partial charge in [-0.25, -0.2) is 13.9 Å². The lowest BCUT2D eigenvalue weighted by molar-refractivity contribution is -0.133. The number of ether oxygens (including phenoxy) is 3. The van der Waals surface area contributed by atoms with Crippen molar-refractivity contribution in [2.24, 2.45) is 5.16 Å². The summed E-state index contributed by atoms with van der Waals surface area (Å²) in [5.41, 5.74) is 1.46. The van der Waals surface area contributed by atoms with Gasteiger partial charge in [-0.3, -0.25) is 4.79 Å². The zero-order valence-corrected chi connectivity index (χ0v) is 21.2. The third kappa shape index (κ3) is 5.49. The van der Waals surface area contributed by atoms with Crippen LogP contribution in [0, 0.1) is 5.82 Å². The molecule has 1 unspecified atom stereocenters. The summed E-state index contributed by atoms with van der Waals surface area (Å²) in [4.78, 5) is 31.4. The third-order valence-corrected chi connectivity index (χ3v) is 6.09. The summed E-state index contributed by atoms with van der Waals surface area (Å²) in [5.74, 6) is 0.0678. The van der Waals surface area contributed by atoms with Crippen LogP contribution in [0.3, 0.4) is 0 Å². The zero-order valence-electron chi connectivity index (χ0n) is 21.2. The Bertz CT molecular complexity index is 1650. The number of aromatic nitrogens is 2. The van der Waals surface area contributed by atoms with E-state index in [-0.39, 0.29) is 29.2 Å². The Kier molecular flexibility index (Phi) is 7.35. The van der Waals surface area contributed by atoms with E-state index in [2.05, 4.69) is 10.3 Å². The fourth-order valence-electron chi connectivity index (χ4n) is 4.25. The molecule has 9 nitrogen and oxygen atoms in total. The van der Waals surface area contributed by atoms with Crippen molar-refractivity contribution in [1.82, 2.24) is 9.78 Å². The molecular weight excluding hydrogens is 505 g/mol. The minimum Gasteiger partial charge on any atom is -0.503 e. The van der Waals surface area contributed by atoms with E-state index < -0.39 is 12.1 Å². The highest BCUT2D eigenvalue weighted by atomic mass is 19.1. The second-order valence-electron chi connectivity index (χ2n) is 8.69. The Morgan fingerprint density at radius 3 is 2.56 bits per heavy atom. The number of esters is 1. The number of nitrogens with zero attached hydrogens (tertiary/aromatic N) is 3. The van der Waals surface area contributed by atoms with Crippen molar-refractivity contribution in [1.29, 1.82) is 0 Å². The van der Waals surface area contributed by atoms with Crippen LogP contribution >= 0.6 is 0 Å². The zero-order chi connectivity index (χ0) is 27.4. The summed E-state index contributed by atoms with van der Waals surface area (Å²) in [6.45, 7) is 0.0941. The summed E-state index contributed by atoms with van der Waals surface area (Å²) in [7, 11) is 2.67. The topological polar surface area (TPSA) is 101 Å². The van der Waals surface area contributed by atoms with Crippen LogP contribution in [-0.4, -0.2) is 41.8 Å². The van der Waals surface area contributed by atoms with Crippen LogP contribution in [0.4, 0.5) is 4.39 Å². The van der Waals surface area contributed by atoms with E-state index in [1.807, 2.05) is 18.2 Å². The smallest absolute Gasteiger partial charge is 0.343 e. The molecule has 3 aromatic carbocycles. The molecule has 0 radical (unpaired) electrons. The Morgan fingerprint density at radius 2 is 1.82 bits per heavy atom. The largest absolute Gasteiger partial charge is 0.503 e. The van der Waals surface area contributed by atoms with Crippen LogP contribution in [0.2, 0.25) is 0 Å². The monoisotopic (exact) mass is 529 g/mol. The normalized spacial score (nSPS) is 15.0. The highest BCUT2D eigenvalue weighted by molar-refractivity contribution is 6.18. The molecule has 1 aliphatic heterocycles. The number of rotatable bonds is 8. The third-order valence-electron chi connectivity index (χ3n) is 6.09. The Labute approximate surface area is 222 Å². The van der Waals surface area contributed by atoms with E-state index in [1.165, 1.54) is 37.3 Å². The fourth-order valence-corrected chi connectivity index (χ4v) is 4.25. The number of carbonyl (C=O) groups is 1. The lowest BCUT2D eigenvalue weighted by Crippen LogP contribution is -2.30. The van der Waals surface area contributed by atoms with E-state index >= 15 is 0 Å². The number of hydrogen-bond acceptors (Lipinski definition) is 8. The van der Waals surface area contributed by atoms with Crippen LogP contribution in [0.1, 0.15) is 17.7 Å². The van der Waals surface area contributed by atoms with Gasteiger partial charge >= 0.3 is 5.97 Å². The van der Waals surface area contributed by atoms with Gasteiger partial charge in [0.05, 0.1) is 38.1 Å².